The quantitative estimate of drug-likeness (QED) is 0.436. The van der Waals surface area contributed by atoms with E-state index >= 15 is 0 Å². The van der Waals surface area contributed by atoms with Gasteiger partial charge in [0.25, 0.3) is 5.91 Å². The van der Waals surface area contributed by atoms with Crippen LogP contribution >= 0.6 is 35.4 Å². The highest BCUT2D eigenvalue weighted by molar-refractivity contribution is 7.89. The molecule has 0 spiro atoms. The predicted octanol–water partition coefficient (Wildman–Crippen LogP) is 4.60. The topological polar surface area (TPSA) is 87.3 Å². The van der Waals surface area contributed by atoms with Crippen molar-refractivity contribution in [1.82, 2.24) is 10.0 Å². The minimum absolute atomic E-state index is 0.0407. The Labute approximate surface area is 195 Å². The monoisotopic (exact) mass is 493 g/mol. The Morgan fingerprint density at radius 3 is 2.13 bits per heavy atom. The molecule has 0 aliphatic carbocycles. The Balaban J connectivity index is 1.59. The van der Waals surface area contributed by atoms with Crippen LogP contribution in [-0.4, -0.2) is 19.4 Å². The number of sulfonamides is 1. The van der Waals surface area contributed by atoms with E-state index in [0.29, 0.717) is 15.7 Å². The number of hydrogen-bond acceptors (Lipinski definition) is 4. The number of amides is 1. The maximum absolute atomic E-state index is 12.5. The zero-order valence-electron chi connectivity index (χ0n) is 15.9. The van der Waals surface area contributed by atoms with Gasteiger partial charge in [-0.2, -0.15) is 0 Å². The molecule has 0 fully saturated rings. The molecule has 3 rings (SSSR count). The summed E-state index contributed by atoms with van der Waals surface area (Å²) >= 11 is 16.9. The summed E-state index contributed by atoms with van der Waals surface area (Å²) < 4.78 is 27.5. The summed E-state index contributed by atoms with van der Waals surface area (Å²) in [6, 6.07) is 19.6. The first-order chi connectivity index (χ1) is 14.7. The largest absolute Gasteiger partial charge is 0.332 e. The van der Waals surface area contributed by atoms with Crippen molar-refractivity contribution >= 4 is 62.2 Å². The Bertz CT molecular complexity index is 1180. The second kappa shape index (κ2) is 10.2. The minimum atomic E-state index is -3.67. The molecule has 0 atom stereocenters. The second-order valence-corrected chi connectivity index (χ2v) is 9.45. The van der Waals surface area contributed by atoms with Crippen LogP contribution in [-0.2, 0) is 16.6 Å². The second-order valence-electron chi connectivity index (χ2n) is 6.40. The van der Waals surface area contributed by atoms with Crippen LogP contribution in [0.15, 0.2) is 77.7 Å². The molecule has 3 aromatic carbocycles. The van der Waals surface area contributed by atoms with Crippen molar-refractivity contribution in [3.05, 3.63) is 94.0 Å². The molecule has 6 nitrogen and oxygen atoms in total. The van der Waals surface area contributed by atoms with Gasteiger partial charge >= 0.3 is 0 Å². The molecule has 31 heavy (non-hydrogen) atoms. The summed E-state index contributed by atoms with van der Waals surface area (Å²) in [4.78, 5) is 12.4. The first kappa shape index (κ1) is 23.2. The normalized spacial score (nSPS) is 11.0. The molecule has 0 radical (unpaired) electrons. The molecule has 0 aliphatic rings. The van der Waals surface area contributed by atoms with Crippen molar-refractivity contribution < 1.29 is 13.2 Å². The van der Waals surface area contributed by atoms with Crippen LogP contribution in [0.4, 0.5) is 5.69 Å². The number of thiocarbonyl (C=S) groups is 1. The summed E-state index contributed by atoms with van der Waals surface area (Å²) in [6.07, 6.45) is 0. The highest BCUT2D eigenvalue weighted by Crippen LogP contribution is 2.19. The maximum Gasteiger partial charge on any atom is 0.257 e. The molecule has 0 saturated heterocycles. The molecular formula is C21H17Cl2N3O3S2. The fourth-order valence-electron chi connectivity index (χ4n) is 2.60. The Kier molecular flexibility index (Phi) is 7.64. The lowest BCUT2D eigenvalue weighted by molar-refractivity contribution is 0.0977. The van der Waals surface area contributed by atoms with Gasteiger partial charge in [0.15, 0.2) is 5.11 Å². The van der Waals surface area contributed by atoms with Gasteiger partial charge in [-0.1, -0.05) is 53.5 Å². The van der Waals surface area contributed by atoms with Crippen molar-refractivity contribution in [3.8, 4) is 0 Å². The average molecular weight is 494 g/mol. The van der Waals surface area contributed by atoms with E-state index in [9.17, 15) is 13.2 Å². The van der Waals surface area contributed by atoms with Gasteiger partial charge in [0.2, 0.25) is 10.0 Å². The number of carbonyl (C=O) groups excluding carboxylic acids is 1. The zero-order chi connectivity index (χ0) is 22.4. The molecule has 0 aromatic heterocycles. The number of carbonyl (C=O) groups is 1. The molecule has 0 saturated carbocycles. The van der Waals surface area contributed by atoms with Gasteiger partial charge in [-0.3, -0.25) is 10.1 Å². The molecule has 1 amide bonds. The van der Waals surface area contributed by atoms with Crippen molar-refractivity contribution in [2.75, 3.05) is 5.32 Å². The van der Waals surface area contributed by atoms with E-state index in [2.05, 4.69) is 15.4 Å². The molecule has 0 bridgehead atoms. The third kappa shape index (κ3) is 6.75. The van der Waals surface area contributed by atoms with Gasteiger partial charge in [-0.25, -0.2) is 13.1 Å². The van der Waals surface area contributed by atoms with Crippen LogP contribution in [0, 0.1) is 0 Å². The van der Waals surface area contributed by atoms with Crippen molar-refractivity contribution in [1.29, 1.82) is 0 Å². The van der Waals surface area contributed by atoms with Gasteiger partial charge in [0.05, 0.1) is 4.90 Å². The zero-order valence-corrected chi connectivity index (χ0v) is 19.1. The molecule has 3 aromatic rings. The smallest absolute Gasteiger partial charge is 0.257 e. The Morgan fingerprint density at radius 1 is 0.903 bits per heavy atom. The third-order valence-electron chi connectivity index (χ3n) is 4.08. The maximum atomic E-state index is 12.5. The Hall–Kier alpha value is -2.49. The van der Waals surface area contributed by atoms with E-state index in [4.69, 9.17) is 35.4 Å². The summed E-state index contributed by atoms with van der Waals surface area (Å²) in [5.74, 6) is -0.480. The molecule has 160 valence electrons. The summed E-state index contributed by atoms with van der Waals surface area (Å²) in [5, 5.41) is 6.04. The lowest BCUT2D eigenvalue weighted by Gasteiger charge is -2.11. The van der Waals surface area contributed by atoms with Crippen LogP contribution in [0.25, 0.3) is 0 Å². The molecule has 0 heterocycles. The number of anilines is 1. The van der Waals surface area contributed by atoms with Gasteiger partial charge in [0.1, 0.15) is 0 Å². The fourth-order valence-corrected chi connectivity index (χ4v) is 4.35. The molecule has 3 N–H and O–H groups in total. The standard InChI is InChI=1S/C21H17Cl2N3O3S2/c22-16-10-15(11-17(23)12-16)20(27)26-21(30)25-18-6-8-19(9-7-18)31(28,29)24-13-14-4-2-1-3-5-14/h1-12,24H,13H2,(H2,25,26,27,30). The third-order valence-corrected chi connectivity index (χ3v) is 6.14. The SMILES string of the molecule is O=C(NC(=S)Nc1ccc(S(=O)(=O)NCc2ccccc2)cc1)c1cc(Cl)cc(Cl)c1. The van der Waals surface area contributed by atoms with E-state index in [-0.39, 0.29) is 22.1 Å². The van der Waals surface area contributed by atoms with E-state index in [1.807, 2.05) is 30.3 Å². The van der Waals surface area contributed by atoms with Gasteiger partial charge < -0.3 is 5.32 Å². The minimum Gasteiger partial charge on any atom is -0.332 e. The molecule has 0 aliphatic heterocycles. The van der Waals surface area contributed by atoms with Crippen molar-refractivity contribution in [3.63, 3.8) is 0 Å². The van der Waals surface area contributed by atoms with Gasteiger partial charge in [0, 0.05) is 27.8 Å². The molecule has 10 heteroatoms. The molecule has 0 unspecified atom stereocenters. The first-order valence-corrected chi connectivity index (χ1v) is 11.6. The van der Waals surface area contributed by atoms with Gasteiger partial charge in [-0.05, 0) is 60.2 Å². The Morgan fingerprint density at radius 2 is 1.52 bits per heavy atom. The summed E-state index contributed by atoms with van der Waals surface area (Å²) in [7, 11) is -3.67. The summed E-state index contributed by atoms with van der Waals surface area (Å²) in [6.45, 7) is 0.187. The highest BCUT2D eigenvalue weighted by atomic mass is 35.5. The predicted molar refractivity (Wildman–Crippen MR) is 127 cm³/mol. The number of nitrogens with one attached hydrogen (secondary N) is 3. The van der Waals surface area contributed by atoms with E-state index in [0.717, 1.165) is 5.56 Å². The lowest BCUT2D eigenvalue weighted by Crippen LogP contribution is -2.34. The van der Waals surface area contributed by atoms with E-state index in [1.54, 1.807) is 12.1 Å². The van der Waals surface area contributed by atoms with E-state index in [1.165, 1.54) is 30.3 Å². The van der Waals surface area contributed by atoms with Crippen molar-refractivity contribution in [2.24, 2.45) is 0 Å². The number of benzene rings is 3. The van der Waals surface area contributed by atoms with Crippen molar-refractivity contribution in [2.45, 2.75) is 11.4 Å². The number of halogens is 2. The van der Waals surface area contributed by atoms with Crippen LogP contribution in [0.5, 0.6) is 0 Å². The fraction of sp³-hybridized carbons (Fsp3) is 0.0476. The first-order valence-electron chi connectivity index (χ1n) is 8.95. The number of hydrogen-bond donors (Lipinski definition) is 3. The highest BCUT2D eigenvalue weighted by Gasteiger charge is 2.14. The average Bonchev–Trinajstić information content (AvgIpc) is 2.73. The van der Waals surface area contributed by atoms with Crippen LogP contribution in [0.3, 0.4) is 0 Å². The van der Waals surface area contributed by atoms with Gasteiger partial charge in [-0.15, -0.1) is 0 Å². The van der Waals surface area contributed by atoms with Crippen LogP contribution < -0.4 is 15.4 Å². The molecular weight excluding hydrogens is 477 g/mol. The lowest BCUT2D eigenvalue weighted by atomic mass is 10.2. The number of rotatable bonds is 6. The van der Waals surface area contributed by atoms with Crippen LogP contribution in [0.2, 0.25) is 10.0 Å². The summed E-state index contributed by atoms with van der Waals surface area (Å²) in [5.41, 5.74) is 1.62. The van der Waals surface area contributed by atoms with Crippen LogP contribution in [0.1, 0.15) is 15.9 Å². The van der Waals surface area contributed by atoms with E-state index < -0.39 is 15.9 Å².